The summed E-state index contributed by atoms with van der Waals surface area (Å²) < 4.78 is 11.0. The molecule has 37 heavy (non-hydrogen) atoms. The van der Waals surface area contributed by atoms with Crippen molar-refractivity contribution in [1.29, 1.82) is 0 Å². The second-order valence-electron chi connectivity index (χ2n) is 9.53. The molecule has 192 valence electrons. The Morgan fingerprint density at radius 1 is 0.973 bits per heavy atom. The van der Waals surface area contributed by atoms with Gasteiger partial charge in [0.05, 0.1) is 13.0 Å². The Labute approximate surface area is 215 Å². The van der Waals surface area contributed by atoms with Crippen LogP contribution in [0, 0.1) is 0 Å². The number of nitrogens with one attached hydrogen (secondary N) is 2. The normalized spacial score (nSPS) is 12.7. The maximum atomic E-state index is 12.9. The highest BCUT2D eigenvalue weighted by atomic mass is 16.6. The Balaban J connectivity index is 1.44. The van der Waals surface area contributed by atoms with Crippen LogP contribution in [0.3, 0.4) is 0 Å². The molecule has 1 aliphatic rings. The lowest BCUT2D eigenvalue weighted by Gasteiger charge is -2.28. The van der Waals surface area contributed by atoms with Gasteiger partial charge in [-0.05, 0) is 57.2 Å². The molecule has 4 rings (SSSR count). The zero-order valence-corrected chi connectivity index (χ0v) is 21.1. The summed E-state index contributed by atoms with van der Waals surface area (Å²) in [6.07, 6.45) is 0.0688. The molecular formula is C28H30N4O5. The van der Waals surface area contributed by atoms with E-state index in [2.05, 4.69) is 15.6 Å². The molecule has 2 heterocycles. The predicted molar refractivity (Wildman–Crippen MR) is 142 cm³/mol. The summed E-state index contributed by atoms with van der Waals surface area (Å²) in [6.45, 7) is 6.08. The summed E-state index contributed by atoms with van der Waals surface area (Å²) in [7, 11) is 0. The number of Topliss-reactive ketones (excluding diaryl/α,β-unsaturated/α-hetero) is 1. The summed E-state index contributed by atoms with van der Waals surface area (Å²) in [4.78, 5) is 43.7. The van der Waals surface area contributed by atoms with Crippen molar-refractivity contribution in [2.24, 2.45) is 0 Å². The van der Waals surface area contributed by atoms with E-state index in [0.29, 0.717) is 47.5 Å². The monoisotopic (exact) mass is 502 g/mol. The first-order valence-electron chi connectivity index (χ1n) is 12.1. The number of rotatable bonds is 7. The van der Waals surface area contributed by atoms with Gasteiger partial charge < -0.3 is 20.1 Å². The first kappa shape index (κ1) is 25.7. The van der Waals surface area contributed by atoms with Gasteiger partial charge in [-0.25, -0.2) is 9.78 Å². The fourth-order valence-electron chi connectivity index (χ4n) is 3.74. The number of nitrogens with zero attached hydrogens (tertiary/aromatic N) is 2. The molecule has 9 nitrogen and oxygen atoms in total. The quantitative estimate of drug-likeness (QED) is 0.321. The van der Waals surface area contributed by atoms with E-state index in [1.54, 1.807) is 51.1 Å². The van der Waals surface area contributed by atoms with Gasteiger partial charge in [0, 0.05) is 23.4 Å². The smallest absolute Gasteiger partial charge is 0.327 e. The van der Waals surface area contributed by atoms with Crippen molar-refractivity contribution in [1.82, 2.24) is 4.98 Å². The number of benzene rings is 2. The van der Waals surface area contributed by atoms with Crippen molar-refractivity contribution in [3.63, 3.8) is 0 Å². The number of aromatic nitrogens is 1. The molecule has 0 atom stereocenters. The van der Waals surface area contributed by atoms with E-state index < -0.39 is 11.6 Å². The Kier molecular flexibility index (Phi) is 7.71. The molecular weight excluding hydrogens is 472 g/mol. The average Bonchev–Trinajstić information content (AvgIpc) is 2.86. The van der Waals surface area contributed by atoms with Gasteiger partial charge in [-0.15, -0.1) is 0 Å². The van der Waals surface area contributed by atoms with E-state index >= 15 is 0 Å². The zero-order chi connectivity index (χ0) is 26.4. The number of esters is 1. The van der Waals surface area contributed by atoms with Crippen LogP contribution in [0.15, 0.2) is 66.7 Å². The number of pyridine rings is 1. The van der Waals surface area contributed by atoms with Crippen LogP contribution in [0.5, 0.6) is 5.75 Å². The lowest BCUT2D eigenvalue weighted by molar-refractivity contribution is -0.154. The molecule has 0 radical (unpaired) electrons. The highest BCUT2D eigenvalue weighted by Gasteiger charge is 2.26. The van der Waals surface area contributed by atoms with Crippen molar-refractivity contribution < 1.29 is 23.9 Å². The number of anilines is 4. The standard InChI is InChI=1S/C28H30N4O5/c1-28(2,3)37-25(34)15-12-22(33)19-8-7-11-21(18-19)29-24-14-13-23-26(31-24)32(16-17-36-23)27(35)30-20-9-5-4-6-10-20/h4-11,13-14,18H,12,15-17H2,1-3H3,(H,29,31)(H,30,35). The fraction of sp³-hybridized carbons (Fsp3) is 0.286. The SMILES string of the molecule is CC(C)(C)OC(=O)CCC(=O)c1cccc(Nc2ccc3c(n2)N(C(=O)Nc2ccccc2)CCO3)c1. The number of ketones is 1. The Hall–Kier alpha value is -4.40. The van der Waals surface area contributed by atoms with Crippen molar-refractivity contribution >= 4 is 40.8 Å². The van der Waals surface area contributed by atoms with E-state index in [1.165, 1.54) is 4.90 Å². The molecule has 0 saturated carbocycles. The topological polar surface area (TPSA) is 110 Å². The third-order valence-electron chi connectivity index (χ3n) is 5.37. The molecule has 2 aromatic carbocycles. The van der Waals surface area contributed by atoms with Crippen LogP contribution in [0.2, 0.25) is 0 Å². The van der Waals surface area contributed by atoms with Crippen molar-refractivity contribution in [2.75, 3.05) is 28.7 Å². The molecule has 1 aliphatic heterocycles. The minimum Gasteiger partial charge on any atom is -0.488 e. The Morgan fingerprint density at radius 3 is 2.49 bits per heavy atom. The van der Waals surface area contributed by atoms with Gasteiger partial charge in [0.25, 0.3) is 0 Å². The van der Waals surface area contributed by atoms with Crippen LogP contribution in [0.1, 0.15) is 44.0 Å². The lowest BCUT2D eigenvalue weighted by Crippen LogP contribution is -2.41. The largest absolute Gasteiger partial charge is 0.488 e. The summed E-state index contributed by atoms with van der Waals surface area (Å²) in [5.74, 6) is 0.821. The Bertz CT molecular complexity index is 1290. The van der Waals surface area contributed by atoms with Gasteiger partial charge in [-0.3, -0.25) is 14.5 Å². The number of para-hydroxylation sites is 1. The van der Waals surface area contributed by atoms with Gasteiger partial charge >= 0.3 is 12.0 Å². The van der Waals surface area contributed by atoms with Gasteiger partial charge in [0.1, 0.15) is 18.0 Å². The third kappa shape index (κ3) is 7.07. The van der Waals surface area contributed by atoms with Crippen LogP contribution in [-0.4, -0.2) is 41.5 Å². The summed E-state index contributed by atoms with van der Waals surface area (Å²) in [5.41, 5.74) is 1.21. The molecule has 2 N–H and O–H groups in total. The zero-order valence-electron chi connectivity index (χ0n) is 21.1. The van der Waals surface area contributed by atoms with Gasteiger partial charge in [-0.1, -0.05) is 30.3 Å². The van der Waals surface area contributed by atoms with E-state index in [0.717, 1.165) is 0 Å². The van der Waals surface area contributed by atoms with Crippen molar-refractivity contribution in [3.05, 3.63) is 72.3 Å². The lowest BCUT2D eigenvalue weighted by atomic mass is 10.1. The molecule has 0 spiro atoms. The van der Waals surface area contributed by atoms with Gasteiger partial charge in [0.15, 0.2) is 17.4 Å². The minimum atomic E-state index is -0.589. The van der Waals surface area contributed by atoms with Crippen molar-refractivity contribution in [3.8, 4) is 5.75 Å². The van der Waals surface area contributed by atoms with E-state index in [1.807, 2.05) is 36.4 Å². The number of carbonyl (C=O) groups is 3. The molecule has 0 unspecified atom stereocenters. The number of amides is 2. The highest BCUT2D eigenvalue weighted by Crippen LogP contribution is 2.32. The summed E-state index contributed by atoms with van der Waals surface area (Å²) in [6, 6.07) is 19.4. The predicted octanol–water partition coefficient (Wildman–Crippen LogP) is 5.56. The van der Waals surface area contributed by atoms with E-state index in [-0.39, 0.29) is 24.7 Å². The van der Waals surface area contributed by atoms with Crippen LogP contribution in [-0.2, 0) is 9.53 Å². The first-order chi connectivity index (χ1) is 17.7. The number of fused-ring (bicyclic) bond motifs is 1. The molecule has 2 amide bonds. The molecule has 1 aromatic heterocycles. The number of hydrogen-bond acceptors (Lipinski definition) is 7. The highest BCUT2D eigenvalue weighted by molar-refractivity contribution is 6.02. The molecule has 0 aliphatic carbocycles. The first-order valence-corrected chi connectivity index (χ1v) is 12.1. The van der Waals surface area contributed by atoms with E-state index in [4.69, 9.17) is 9.47 Å². The third-order valence-corrected chi connectivity index (χ3v) is 5.37. The molecule has 9 heteroatoms. The van der Waals surface area contributed by atoms with Crippen LogP contribution in [0.4, 0.5) is 27.8 Å². The van der Waals surface area contributed by atoms with Crippen LogP contribution in [0.25, 0.3) is 0 Å². The van der Waals surface area contributed by atoms with Crippen LogP contribution >= 0.6 is 0 Å². The maximum absolute atomic E-state index is 12.9. The number of urea groups is 1. The molecule has 0 saturated heterocycles. The number of carbonyl (C=O) groups excluding carboxylic acids is 3. The summed E-state index contributed by atoms with van der Waals surface area (Å²) in [5, 5.41) is 6.06. The molecule has 0 fully saturated rings. The second kappa shape index (κ2) is 11.1. The number of ether oxygens (including phenoxy) is 2. The molecule has 3 aromatic rings. The van der Waals surface area contributed by atoms with Gasteiger partial charge in [-0.2, -0.15) is 0 Å². The summed E-state index contributed by atoms with van der Waals surface area (Å²) >= 11 is 0. The fourth-order valence-corrected chi connectivity index (χ4v) is 3.74. The number of hydrogen-bond donors (Lipinski definition) is 2. The van der Waals surface area contributed by atoms with Crippen LogP contribution < -0.4 is 20.3 Å². The minimum absolute atomic E-state index is 0.0149. The average molecular weight is 503 g/mol. The maximum Gasteiger partial charge on any atom is 0.327 e. The Morgan fingerprint density at radius 2 is 1.73 bits per heavy atom. The molecule has 0 bridgehead atoms. The van der Waals surface area contributed by atoms with Gasteiger partial charge in [0.2, 0.25) is 0 Å². The second-order valence-corrected chi connectivity index (χ2v) is 9.53. The van der Waals surface area contributed by atoms with E-state index in [9.17, 15) is 14.4 Å². The van der Waals surface area contributed by atoms with Crippen molar-refractivity contribution in [2.45, 2.75) is 39.2 Å².